The topological polar surface area (TPSA) is 40.5 Å². The van der Waals surface area contributed by atoms with Gasteiger partial charge in [-0.2, -0.15) is 0 Å². The van der Waals surface area contributed by atoms with Crippen LogP contribution in [0.1, 0.15) is 27.8 Å². The highest BCUT2D eigenvalue weighted by Crippen LogP contribution is 2.54. The van der Waals surface area contributed by atoms with Crippen LogP contribution >= 0.6 is 15.9 Å². The SMILES string of the molecule is O=C1N(C(c2ccccc2)(c2ccccc2)c2ccccc2)c2cc(Br)ccc2C1(O)c1ccccc1. The van der Waals surface area contributed by atoms with Crippen molar-refractivity contribution in [1.82, 2.24) is 0 Å². The number of carbonyl (C=O) groups is 1. The summed E-state index contributed by atoms with van der Waals surface area (Å²) in [6.07, 6.45) is 0. The van der Waals surface area contributed by atoms with Gasteiger partial charge in [-0.25, -0.2) is 0 Å². The maximum Gasteiger partial charge on any atom is 0.269 e. The summed E-state index contributed by atoms with van der Waals surface area (Å²) in [6, 6.07) is 45.0. The number of benzene rings is 5. The van der Waals surface area contributed by atoms with Crippen LogP contribution in [0, 0.1) is 0 Å². The quantitative estimate of drug-likeness (QED) is 0.241. The van der Waals surface area contributed by atoms with E-state index in [4.69, 9.17) is 0 Å². The van der Waals surface area contributed by atoms with Crippen LogP contribution in [0.25, 0.3) is 0 Å². The van der Waals surface area contributed by atoms with Crippen molar-refractivity contribution >= 4 is 27.5 Å². The molecule has 1 N–H and O–H groups in total. The maximum absolute atomic E-state index is 14.8. The fraction of sp³-hybridized carbons (Fsp3) is 0.0606. The van der Waals surface area contributed by atoms with Gasteiger partial charge >= 0.3 is 0 Å². The summed E-state index contributed by atoms with van der Waals surface area (Å²) in [4.78, 5) is 16.6. The van der Waals surface area contributed by atoms with Crippen molar-refractivity contribution in [1.29, 1.82) is 0 Å². The average molecular weight is 546 g/mol. The summed E-state index contributed by atoms with van der Waals surface area (Å²) < 4.78 is 0.824. The van der Waals surface area contributed by atoms with Crippen LogP contribution < -0.4 is 4.90 Å². The number of anilines is 1. The van der Waals surface area contributed by atoms with Crippen molar-refractivity contribution in [2.24, 2.45) is 0 Å². The fourth-order valence-corrected chi connectivity index (χ4v) is 5.95. The van der Waals surface area contributed by atoms with Crippen molar-refractivity contribution in [3.8, 4) is 0 Å². The maximum atomic E-state index is 14.8. The first-order chi connectivity index (χ1) is 18.1. The second-order valence-corrected chi connectivity index (χ2v) is 10.1. The Morgan fingerprint density at radius 1 is 0.622 bits per heavy atom. The molecule has 1 unspecified atom stereocenters. The Hall–Kier alpha value is -3.99. The number of carbonyl (C=O) groups excluding carboxylic acids is 1. The number of fused-ring (bicyclic) bond motifs is 1. The number of hydrogen-bond acceptors (Lipinski definition) is 2. The lowest BCUT2D eigenvalue weighted by Crippen LogP contribution is -2.53. The second-order valence-electron chi connectivity index (χ2n) is 9.19. The Balaban J connectivity index is 1.76. The van der Waals surface area contributed by atoms with E-state index in [0.717, 1.165) is 21.2 Å². The minimum Gasteiger partial charge on any atom is -0.372 e. The summed E-state index contributed by atoms with van der Waals surface area (Å²) in [6.45, 7) is 0. The average Bonchev–Trinajstić information content (AvgIpc) is 3.18. The van der Waals surface area contributed by atoms with E-state index in [1.54, 1.807) is 4.90 Å². The van der Waals surface area contributed by atoms with Crippen LogP contribution in [0.2, 0.25) is 0 Å². The molecule has 3 nitrogen and oxygen atoms in total. The van der Waals surface area contributed by atoms with Crippen molar-refractivity contribution in [2.75, 3.05) is 4.90 Å². The van der Waals surface area contributed by atoms with Gasteiger partial charge in [-0.3, -0.25) is 9.69 Å². The molecule has 1 aliphatic rings. The van der Waals surface area contributed by atoms with E-state index < -0.39 is 17.0 Å². The van der Waals surface area contributed by atoms with Gasteiger partial charge in [0, 0.05) is 10.0 Å². The van der Waals surface area contributed by atoms with Gasteiger partial charge in [-0.15, -0.1) is 0 Å². The molecule has 0 saturated carbocycles. The lowest BCUT2D eigenvalue weighted by atomic mass is 9.75. The Morgan fingerprint density at radius 2 is 1.05 bits per heavy atom. The minimum atomic E-state index is -1.85. The molecule has 0 aliphatic carbocycles. The van der Waals surface area contributed by atoms with Crippen LogP contribution in [0.3, 0.4) is 0 Å². The van der Waals surface area contributed by atoms with Gasteiger partial charge in [0.15, 0.2) is 5.60 Å². The van der Waals surface area contributed by atoms with Crippen LogP contribution in [-0.2, 0) is 15.9 Å². The summed E-state index contributed by atoms with van der Waals surface area (Å²) in [7, 11) is 0. The van der Waals surface area contributed by atoms with Crippen molar-refractivity contribution in [3.05, 3.63) is 172 Å². The van der Waals surface area contributed by atoms with E-state index in [1.165, 1.54) is 0 Å². The van der Waals surface area contributed by atoms with Gasteiger partial charge in [0.1, 0.15) is 5.54 Å². The van der Waals surface area contributed by atoms with Gasteiger partial charge in [0.2, 0.25) is 0 Å². The first-order valence-electron chi connectivity index (χ1n) is 12.2. The molecule has 1 aliphatic heterocycles. The second kappa shape index (κ2) is 9.15. The molecule has 0 bridgehead atoms. The van der Waals surface area contributed by atoms with Crippen molar-refractivity contribution in [2.45, 2.75) is 11.1 Å². The summed E-state index contributed by atoms with van der Waals surface area (Å²) in [5, 5.41) is 12.3. The standard InChI is InChI=1S/C33H24BrNO2/c34-28-21-22-29-30(23-28)35(31(36)33(29,37)27-19-11-4-12-20-27)32(24-13-5-1-6-14-24,25-15-7-2-8-16-25)26-17-9-3-10-18-26/h1-23,37H. The van der Waals surface area contributed by atoms with Crippen LogP contribution in [0.15, 0.2) is 144 Å². The van der Waals surface area contributed by atoms with E-state index in [9.17, 15) is 9.90 Å². The molecule has 37 heavy (non-hydrogen) atoms. The lowest BCUT2D eigenvalue weighted by molar-refractivity contribution is -0.133. The van der Waals surface area contributed by atoms with Gasteiger partial charge in [0.05, 0.1) is 5.69 Å². The Morgan fingerprint density at radius 3 is 1.51 bits per heavy atom. The predicted molar refractivity (Wildman–Crippen MR) is 150 cm³/mol. The fourth-order valence-electron chi connectivity index (χ4n) is 5.60. The third-order valence-corrected chi connectivity index (χ3v) is 7.70. The third-order valence-electron chi connectivity index (χ3n) is 7.20. The normalized spacial score (nSPS) is 17.0. The number of amides is 1. The lowest BCUT2D eigenvalue weighted by Gasteiger charge is -2.44. The van der Waals surface area contributed by atoms with E-state index >= 15 is 0 Å². The molecule has 0 fully saturated rings. The van der Waals surface area contributed by atoms with Gasteiger partial charge in [-0.05, 0) is 34.4 Å². The molecule has 0 aromatic heterocycles. The van der Waals surface area contributed by atoms with E-state index in [1.807, 2.05) is 140 Å². The third kappa shape index (κ3) is 3.48. The highest BCUT2D eigenvalue weighted by Gasteiger charge is 2.58. The van der Waals surface area contributed by atoms with E-state index in [-0.39, 0.29) is 0 Å². The van der Waals surface area contributed by atoms with Crippen molar-refractivity contribution in [3.63, 3.8) is 0 Å². The zero-order valence-corrected chi connectivity index (χ0v) is 21.5. The molecule has 6 rings (SSSR count). The van der Waals surface area contributed by atoms with Crippen LogP contribution in [-0.4, -0.2) is 11.0 Å². The Kier molecular flexibility index (Phi) is 5.79. The highest BCUT2D eigenvalue weighted by atomic mass is 79.9. The molecule has 1 heterocycles. The van der Waals surface area contributed by atoms with Gasteiger partial charge in [-0.1, -0.05) is 143 Å². The molecule has 1 amide bonds. The molecule has 4 heteroatoms. The Bertz CT molecular complexity index is 1460. The van der Waals surface area contributed by atoms with Crippen molar-refractivity contribution < 1.29 is 9.90 Å². The molecular formula is C33H24BrNO2. The molecule has 5 aromatic carbocycles. The minimum absolute atomic E-state index is 0.400. The predicted octanol–water partition coefficient (Wildman–Crippen LogP) is 7.02. The number of hydrogen-bond donors (Lipinski definition) is 1. The Labute approximate surface area is 224 Å². The highest BCUT2D eigenvalue weighted by molar-refractivity contribution is 9.10. The number of aliphatic hydroxyl groups is 1. The monoisotopic (exact) mass is 545 g/mol. The first kappa shape index (κ1) is 23.4. The molecule has 180 valence electrons. The van der Waals surface area contributed by atoms with Gasteiger partial charge in [0.25, 0.3) is 5.91 Å². The van der Waals surface area contributed by atoms with Crippen LogP contribution in [0.4, 0.5) is 5.69 Å². The zero-order chi connectivity index (χ0) is 25.5. The van der Waals surface area contributed by atoms with Crippen LogP contribution in [0.5, 0.6) is 0 Å². The van der Waals surface area contributed by atoms with E-state index in [2.05, 4.69) is 15.9 Å². The van der Waals surface area contributed by atoms with Gasteiger partial charge < -0.3 is 5.11 Å². The number of rotatable bonds is 5. The molecule has 5 aromatic rings. The summed E-state index contributed by atoms with van der Waals surface area (Å²) in [5.41, 5.74) is 1.61. The first-order valence-corrected chi connectivity index (χ1v) is 13.0. The summed E-state index contributed by atoms with van der Waals surface area (Å²) >= 11 is 3.62. The summed E-state index contributed by atoms with van der Waals surface area (Å²) in [5.74, 6) is -0.400. The van der Waals surface area contributed by atoms with E-state index in [0.29, 0.717) is 16.8 Å². The molecule has 0 saturated heterocycles. The molecule has 1 atom stereocenters. The number of halogens is 1. The largest absolute Gasteiger partial charge is 0.372 e. The number of nitrogens with zero attached hydrogens (tertiary/aromatic N) is 1. The molecular weight excluding hydrogens is 522 g/mol. The molecule has 0 spiro atoms. The smallest absolute Gasteiger partial charge is 0.269 e. The molecule has 0 radical (unpaired) electrons. The zero-order valence-electron chi connectivity index (χ0n) is 20.0.